The van der Waals surface area contributed by atoms with Crippen molar-refractivity contribution < 1.29 is 18.1 Å². The Hall–Kier alpha value is -2.60. The lowest BCUT2D eigenvalue weighted by molar-refractivity contribution is -0.128. The van der Waals surface area contributed by atoms with E-state index in [1.165, 1.54) is 30.0 Å². The predicted molar refractivity (Wildman–Crippen MR) is 142 cm³/mol. The number of thioether (sulfide) groups is 1. The van der Waals surface area contributed by atoms with E-state index < -0.39 is 28.5 Å². The lowest BCUT2D eigenvalue weighted by Gasteiger charge is -2.43. The largest absolute Gasteiger partial charge is 0.616 e. The van der Waals surface area contributed by atoms with Gasteiger partial charge in [-0.05, 0) is 35.5 Å². The van der Waals surface area contributed by atoms with E-state index in [0.29, 0.717) is 64.1 Å². The van der Waals surface area contributed by atoms with Crippen molar-refractivity contribution in [3.05, 3.63) is 64.1 Å². The summed E-state index contributed by atoms with van der Waals surface area (Å²) < 4.78 is 42.6. The molecule has 0 aliphatic carbocycles. The van der Waals surface area contributed by atoms with Crippen LogP contribution in [0.1, 0.15) is 0 Å². The number of amides is 1. The molecule has 1 aromatic heterocycles. The van der Waals surface area contributed by atoms with Gasteiger partial charge in [0.1, 0.15) is 41.0 Å². The summed E-state index contributed by atoms with van der Waals surface area (Å²) in [6, 6.07) is 4.41. The lowest BCUT2D eigenvalue weighted by atomic mass is 10.0. The minimum Gasteiger partial charge on any atom is -0.616 e. The number of anilines is 1. The molecule has 6 rings (SSSR count). The number of rotatable bonds is 3. The number of fused-ring (bicyclic) bond motifs is 1. The van der Waals surface area contributed by atoms with E-state index in [1.54, 1.807) is 15.5 Å². The molecule has 3 aliphatic rings. The van der Waals surface area contributed by atoms with Gasteiger partial charge < -0.3 is 14.4 Å². The first kappa shape index (κ1) is 24.7. The Morgan fingerprint density at radius 1 is 1.22 bits per heavy atom. The molecule has 4 heterocycles. The zero-order chi connectivity index (χ0) is 26.0. The van der Waals surface area contributed by atoms with Gasteiger partial charge in [0, 0.05) is 52.9 Å². The summed E-state index contributed by atoms with van der Waals surface area (Å²) in [5, 5.41) is 0.876. The molecule has 7 nitrogen and oxygen atoms in total. The molecule has 0 spiro atoms. The van der Waals surface area contributed by atoms with Gasteiger partial charge >= 0.3 is 5.69 Å². The SMILES string of the molecule is C=CC(=O)N1CCN(c2nc(=O)n3c4c(c(-c5ccc(F)cc5F)c(Cl)cc24)SCC3)C2C[S+]([O-])CC21. The Labute approximate surface area is 223 Å². The van der Waals surface area contributed by atoms with E-state index in [1.807, 2.05) is 4.90 Å². The molecule has 0 radical (unpaired) electrons. The predicted octanol–water partition coefficient (Wildman–Crippen LogP) is 3.43. The zero-order valence-electron chi connectivity index (χ0n) is 19.5. The zero-order valence-corrected chi connectivity index (χ0v) is 21.8. The van der Waals surface area contributed by atoms with Gasteiger partial charge in [0.15, 0.2) is 0 Å². The van der Waals surface area contributed by atoms with Crippen LogP contribution in [0.25, 0.3) is 22.0 Å². The molecule has 2 fully saturated rings. The Bertz CT molecular complexity index is 1530. The third-order valence-electron chi connectivity index (χ3n) is 7.18. The molecular weight excluding hydrogens is 542 g/mol. The highest BCUT2D eigenvalue weighted by Gasteiger charge is 2.48. The second kappa shape index (κ2) is 9.30. The Morgan fingerprint density at radius 3 is 2.76 bits per heavy atom. The van der Waals surface area contributed by atoms with Crippen LogP contribution in [-0.2, 0) is 22.5 Å². The first-order valence-electron chi connectivity index (χ1n) is 11.7. The minimum atomic E-state index is -1.14. The molecule has 37 heavy (non-hydrogen) atoms. The van der Waals surface area contributed by atoms with Crippen molar-refractivity contribution in [1.29, 1.82) is 0 Å². The third kappa shape index (κ3) is 3.94. The monoisotopic (exact) mass is 562 g/mol. The summed E-state index contributed by atoms with van der Waals surface area (Å²) in [6.07, 6.45) is 1.26. The molecule has 3 aromatic rings. The van der Waals surface area contributed by atoms with Crippen molar-refractivity contribution in [3.8, 4) is 11.1 Å². The van der Waals surface area contributed by atoms with E-state index >= 15 is 0 Å². The summed E-state index contributed by atoms with van der Waals surface area (Å²) in [5.41, 5.74) is 0.701. The fourth-order valence-corrected chi connectivity index (χ4v) is 8.84. The number of aryl methyl sites for hydroxylation is 1. The van der Waals surface area contributed by atoms with E-state index in [9.17, 15) is 22.9 Å². The fraction of sp³-hybridized carbons (Fsp3) is 0.320. The van der Waals surface area contributed by atoms with Crippen LogP contribution < -0.4 is 10.6 Å². The highest BCUT2D eigenvalue weighted by molar-refractivity contribution is 7.99. The molecular formula is C25H21ClF2N4O3S2. The van der Waals surface area contributed by atoms with Crippen LogP contribution >= 0.6 is 23.4 Å². The van der Waals surface area contributed by atoms with E-state index in [0.717, 1.165) is 6.07 Å². The van der Waals surface area contributed by atoms with Crippen LogP contribution in [0, 0.1) is 11.6 Å². The molecule has 2 saturated heterocycles. The Morgan fingerprint density at radius 2 is 2.00 bits per heavy atom. The minimum absolute atomic E-state index is 0.151. The van der Waals surface area contributed by atoms with Gasteiger partial charge in [-0.1, -0.05) is 18.2 Å². The molecule has 3 aliphatic heterocycles. The maximum atomic E-state index is 14.9. The normalized spacial score (nSPS) is 22.9. The molecule has 0 bridgehead atoms. The van der Waals surface area contributed by atoms with Gasteiger partial charge in [-0.25, -0.2) is 13.6 Å². The highest BCUT2D eigenvalue weighted by Crippen LogP contribution is 2.46. The Balaban J connectivity index is 1.56. The summed E-state index contributed by atoms with van der Waals surface area (Å²) in [4.78, 5) is 34.4. The van der Waals surface area contributed by atoms with Crippen molar-refractivity contribution in [3.63, 3.8) is 0 Å². The number of carbonyl (C=O) groups excluding carboxylic acids is 1. The van der Waals surface area contributed by atoms with Gasteiger partial charge in [0.2, 0.25) is 5.91 Å². The highest BCUT2D eigenvalue weighted by atomic mass is 35.5. The van der Waals surface area contributed by atoms with Crippen molar-refractivity contribution in [2.75, 3.05) is 35.2 Å². The van der Waals surface area contributed by atoms with Crippen LogP contribution in [0.5, 0.6) is 0 Å². The van der Waals surface area contributed by atoms with Gasteiger partial charge in [-0.2, -0.15) is 4.98 Å². The number of carbonyl (C=O) groups is 1. The molecule has 3 atom stereocenters. The lowest BCUT2D eigenvalue weighted by Crippen LogP contribution is -2.61. The average Bonchev–Trinajstić information content (AvgIpc) is 3.27. The number of benzene rings is 2. The number of nitrogens with zero attached hydrogens (tertiary/aromatic N) is 4. The second-order valence-corrected chi connectivity index (χ2v) is 12.2. The first-order chi connectivity index (χ1) is 17.8. The van der Waals surface area contributed by atoms with Gasteiger partial charge in [-0.15, -0.1) is 11.8 Å². The molecule has 12 heteroatoms. The quantitative estimate of drug-likeness (QED) is 0.359. The summed E-state index contributed by atoms with van der Waals surface area (Å²) in [6.45, 7) is 4.76. The third-order valence-corrected chi connectivity index (χ3v) is 9.98. The standard InChI is InChI=1S/C25H21ClF2N4O3S2/c1-2-20(33)30-5-6-31(19-12-37(35)11-18(19)30)24-15-10-16(26)21(14-4-3-13(27)9-17(14)28)23-22(15)32(7-8-36-23)25(34)29-24/h2-4,9-10,18-19H,1,5-8,11-12H2. The average molecular weight is 563 g/mol. The smallest absolute Gasteiger partial charge is 0.350 e. The van der Waals surface area contributed by atoms with Crippen molar-refractivity contribution >= 4 is 57.2 Å². The van der Waals surface area contributed by atoms with Crippen LogP contribution in [0.2, 0.25) is 5.02 Å². The van der Waals surface area contributed by atoms with Crippen molar-refractivity contribution in [1.82, 2.24) is 14.5 Å². The molecule has 0 saturated carbocycles. The van der Waals surface area contributed by atoms with E-state index in [2.05, 4.69) is 11.6 Å². The molecule has 2 aromatic carbocycles. The molecule has 192 valence electrons. The number of hydrogen-bond acceptors (Lipinski definition) is 6. The van der Waals surface area contributed by atoms with E-state index in [4.69, 9.17) is 11.6 Å². The Kier molecular flexibility index (Phi) is 6.21. The van der Waals surface area contributed by atoms with Crippen molar-refractivity contribution in [2.24, 2.45) is 0 Å². The van der Waals surface area contributed by atoms with Crippen LogP contribution in [0.15, 0.2) is 46.6 Å². The molecule has 0 N–H and O–H groups in total. The van der Waals surface area contributed by atoms with Crippen LogP contribution in [0.4, 0.5) is 14.6 Å². The summed E-state index contributed by atoms with van der Waals surface area (Å²) in [5.74, 6) is -0.00819. The number of piperazine rings is 1. The number of halogens is 3. The maximum Gasteiger partial charge on any atom is 0.350 e. The first-order valence-corrected chi connectivity index (χ1v) is 14.5. The summed E-state index contributed by atoms with van der Waals surface area (Å²) >= 11 is 7.08. The topological polar surface area (TPSA) is 81.5 Å². The summed E-state index contributed by atoms with van der Waals surface area (Å²) in [7, 11) is 0. The number of hydrogen-bond donors (Lipinski definition) is 0. The van der Waals surface area contributed by atoms with Crippen LogP contribution in [0.3, 0.4) is 0 Å². The van der Waals surface area contributed by atoms with Crippen LogP contribution in [-0.4, -0.2) is 67.3 Å². The maximum absolute atomic E-state index is 14.9. The van der Waals surface area contributed by atoms with Gasteiger partial charge in [0.05, 0.1) is 10.5 Å². The number of aromatic nitrogens is 2. The second-order valence-electron chi connectivity index (χ2n) is 9.14. The van der Waals surface area contributed by atoms with Crippen molar-refractivity contribution in [2.45, 2.75) is 23.5 Å². The molecule has 1 amide bonds. The van der Waals surface area contributed by atoms with E-state index in [-0.39, 0.29) is 28.6 Å². The molecule has 3 unspecified atom stereocenters. The van der Waals surface area contributed by atoms with Gasteiger partial charge in [-0.3, -0.25) is 9.36 Å². The fourth-order valence-electron chi connectivity index (χ4n) is 5.58. The van der Waals surface area contributed by atoms with Gasteiger partial charge in [0.25, 0.3) is 0 Å².